The summed E-state index contributed by atoms with van der Waals surface area (Å²) >= 11 is 5.95. The number of aliphatic hydroxyl groups is 1. The molecule has 7 heteroatoms. The number of carbonyl (C=O) groups excluding carboxylic acids is 1. The van der Waals surface area contributed by atoms with Crippen LogP contribution in [0.4, 0.5) is 4.79 Å². The van der Waals surface area contributed by atoms with Gasteiger partial charge >= 0.3 is 6.09 Å². The average molecular weight is 354 g/mol. The molecule has 1 aromatic rings. The summed E-state index contributed by atoms with van der Waals surface area (Å²) in [5.41, 5.74) is 1.27. The van der Waals surface area contributed by atoms with E-state index in [-0.39, 0.29) is 12.6 Å². The van der Waals surface area contributed by atoms with Crippen LogP contribution in [0, 0.1) is 0 Å². The van der Waals surface area contributed by atoms with Crippen LogP contribution in [-0.2, 0) is 11.2 Å². The maximum atomic E-state index is 12.4. The molecule has 2 rings (SSSR count). The summed E-state index contributed by atoms with van der Waals surface area (Å²) in [6.45, 7) is 6.35. The maximum absolute atomic E-state index is 12.4. The highest BCUT2D eigenvalue weighted by molar-refractivity contribution is 6.29. The molecule has 1 amide bonds. The van der Waals surface area contributed by atoms with Gasteiger partial charge in [-0.1, -0.05) is 11.6 Å². The van der Waals surface area contributed by atoms with Gasteiger partial charge in [-0.2, -0.15) is 0 Å². The van der Waals surface area contributed by atoms with E-state index in [9.17, 15) is 4.79 Å². The Hall–Kier alpha value is -1.66. The van der Waals surface area contributed by atoms with Crippen LogP contribution in [0.15, 0.2) is 17.1 Å². The number of nitrogens with zero attached hydrogens (tertiary/aromatic N) is 3. The van der Waals surface area contributed by atoms with E-state index in [0.717, 1.165) is 11.3 Å². The second-order valence-electron chi connectivity index (χ2n) is 6.81. The first-order valence-electron chi connectivity index (χ1n) is 8.06. The smallest absolute Gasteiger partial charge is 0.410 e. The van der Waals surface area contributed by atoms with Gasteiger partial charge in [-0.3, -0.25) is 4.99 Å². The predicted octanol–water partition coefficient (Wildman–Crippen LogP) is 2.70. The molecular formula is C17H24ClN3O3. The predicted molar refractivity (Wildman–Crippen MR) is 93.8 cm³/mol. The van der Waals surface area contributed by atoms with Crippen molar-refractivity contribution in [3.63, 3.8) is 0 Å². The molecule has 0 aliphatic carbocycles. The highest BCUT2D eigenvalue weighted by Gasteiger charge is 2.26. The fraction of sp³-hybridized carbons (Fsp3) is 0.588. The second kappa shape index (κ2) is 7.94. The Bertz CT molecular complexity index is 614. The number of halogens is 1. The Kier molecular flexibility index (Phi) is 6.18. The second-order valence-corrected chi connectivity index (χ2v) is 7.20. The molecule has 1 unspecified atom stereocenters. The lowest BCUT2D eigenvalue weighted by Gasteiger charge is -2.30. The van der Waals surface area contributed by atoms with Crippen LogP contribution in [0.2, 0.25) is 5.15 Å². The first-order valence-corrected chi connectivity index (χ1v) is 8.43. The fourth-order valence-corrected chi connectivity index (χ4v) is 2.60. The van der Waals surface area contributed by atoms with Crippen molar-refractivity contribution < 1.29 is 14.6 Å². The highest BCUT2D eigenvalue weighted by atomic mass is 35.5. The number of rotatable bonds is 5. The third-order valence-electron chi connectivity index (χ3n) is 3.50. The van der Waals surface area contributed by atoms with E-state index >= 15 is 0 Å². The number of carbonyl (C=O) groups is 1. The van der Waals surface area contributed by atoms with Gasteiger partial charge in [0.15, 0.2) is 0 Å². The number of aliphatic imine (C=N–C) groups is 1. The van der Waals surface area contributed by atoms with Gasteiger partial charge in [-0.25, -0.2) is 9.78 Å². The molecule has 1 aliphatic rings. The van der Waals surface area contributed by atoms with E-state index in [1.807, 2.05) is 26.8 Å². The monoisotopic (exact) mass is 353 g/mol. The molecule has 0 saturated carbocycles. The summed E-state index contributed by atoms with van der Waals surface area (Å²) in [5.74, 6) is 0. The molecule has 1 N–H and O–H groups in total. The Morgan fingerprint density at radius 2 is 2.21 bits per heavy atom. The third kappa shape index (κ3) is 5.46. The van der Waals surface area contributed by atoms with Crippen LogP contribution >= 0.6 is 11.6 Å². The molecule has 132 valence electrons. The molecule has 2 heterocycles. The first kappa shape index (κ1) is 18.7. The van der Waals surface area contributed by atoms with Crippen molar-refractivity contribution in [2.24, 2.45) is 4.99 Å². The quantitative estimate of drug-likeness (QED) is 0.826. The van der Waals surface area contributed by atoms with Crippen LogP contribution in [-0.4, -0.2) is 58.6 Å². The maximum Gasteiger partial charge on any atom is 0.410 e. The van der Waals surface area contributed by atoms with E-state index in [1.165, 1.54) is 0 Å². The number of hydrogen-bond donors (Lipinski definition) is 1. The normalized spacial score (nSPS) is 16.6. The number of amides is 1. The molecule has 0 saturated heterocycles. The molecule has 24 heavy (non-hydrogen) atoms. The Labute approximate surface area is 147 Å². The zero-order chi connectivity index (χ0) is 17.7. The topological polar surface area (TPSA) is 75.0 Å². The lowest BCUT2D eigenvalue weighted by molar-refractivity contribution is 0.0229. The lowest BCUT2D eigenvalue weighted by Crippen LogP contribution is -2.42. The number of fused-ring (bicyclic) bond motifs is 1. The van der Waals surface area contributed by atoms with E-state index in [2.05, 4.69) is 9.98 Å². The van der Waals surface area contributed by atoms with Crippen molar-refractivity contribution in [2.75, 3.05) is 19.7 Å². The summed E-state index contributed by atoms with van der Waals surface area (Å²) in [5, 5.41) is 9.51. The van der Waals surface area contributed by atoms with Crippen LogP contribution in [0.25, 0.3) is 0 Å². The van der Waals surface area contributed by atoms with Gasteiger partial charge in [0.1, 0.15) is 10.8 Å². The first-order chi connectivity index (χ1) is 11.3. The summed E-state index contributed by atoms with van der Waals surface area (Å²) in [4.78, 5) is 22.8. The standard InChI is InChI=1S/C17H24ClN3O3/c1-17(2,3)24-16(23)21(7-4-8-22)11-13-9-14-12(10-19-13)5-6-15(18)20-14/h5-6,10,13,22H,4,7-9,11H2,1-3H3. The Morgan fingerprint density at radius 3 is 2.88 bits per heavy atom. The van der Waals surface area contributed by atoms with Gasteiger partial charge in [0.25, 0.3) is 0 Å². The van der Waals surface area contributed by atoms with Crippen molar-refractivity contribution >= 4 is 23.9 Å². The highest BCUT2D eigenvalue weighted by Crippen LogP contribution is 2.19. The molecular weight excluding hydrogens is 330 g/mol. The van der Waals surface area contributed by atoms with Crippen molar-refractivity contribution in [3.8, 4) is 0 Å². The van der Waals surface area contributed by atoms with Crippen molar-refractivity contribution in [1.29, 1.82) is 0 Å². The minimum Gasteiger partial charge on any atom is -0.444 e. The average Bonchev–Trinajstić information content (AvgIpc) is 2.49. The zero-order valence-corrected chi connectivity index (χ0v) is 15.1. The van der Waals surface area contributed by atoms with E-state index in [0.29, 0.717) is 31.1 Å². The van der Waals surface area contributed by atoms with Gasteiger partial charge in [0.05, 0.1) is 11.7 Å². The molecule has 0 bridgehead atoms. The fourth-order valence-electron chi connectivity index (χ4n) is 2.44. The summed E-state index contributed by atoms with van der Waals surface area (Å²) < 4.78 is 5.44. The number of aromatic nitrogens is 1. The number of hydrogen-bond acceptors (Lipinski definition) is 5. The van der Waals surface area contributed by atoms with Crippen LogP contribution in [0.3, 0.4) is 0 Å². The molecule has 0 spiro atoms. The molecule has 1 atom stereocenters. The van der Waals surface area contributed by atoms with Gasteiger partial charge in [-0.05, 0) is 39.3 Å². The summed E-state index contributed by atoms with van der Waals surface area (Å²) in [6.07, 6.45) is 2.49. The molecule has 1 aliphatic heterocycles. The minimum absolute atomic E-state index is 0.0211. The Balaban J connectivity index is 2.05. The number of ether oxygens (including phenoxy) is 1. The van der Waals surface area contributed by atoms with E-state index in [1.54, 1.807) is 17.2 Å². The molecule has 1 aromatic heterocycles. The van der Waals surface area contributed by atoms with Crippen LogP contribution in [0.5, 0.6) is 0 Å². The number of aliphatic hydroxyl groups excluding tert-OH is 1. The van der Waals surface area contributed by atoms with E-state index < -0.39 is 11.7 Å². The molecule has 0 fully saturated rings. The third-order valence-corrected chi connectivity index (χ3v) is 3.71. The van der Waals surface area contributed by atoms with Crippen molar-refractivity contribution in [2.45, 2.75) is 45.3 Å². The lowest BCUT2D eigenvalue weighted by atomic mass is 10.0. The van der Waals surface area contributed by atoms with Gasteiger partial charge in [-0.15, -0.1) is 0 Å². The van der Waals surface area contributed by atoms with Gasteiger partial charge in [0.2, 0.25) is 0 Å². The van der Waals surface area contributed by atoms with Crippen LogP contribution in [0.1, 0.15) is 38.4 Å². The van der Waals surface area contributed by atoms with E-state index in [4.69, 9.17) is 21.4 Å². The molecule has 0 aromatic carbocycles. The summed E-state index contributed by atoms with van der Waals surface area (Å²) in [6, 6.07) is 3.53. The van der Waals surface area contributed by atoms with Crippen LogP contribution < -0.4 is 0 Å². The zero-order valence-electron chi connectivity index (χ0n) is 14.3. The largest absolute Gasteiger partial charge is 0.444 e. The Morgan fingerprint density at radius 1 is 1.46 bits per heavy atom. The molecule has 6 nitrogen and oxygen atoms in total. The number of pyridine rings is 1. The molecule has 0 radical (unpaired) electrons. The minimum atomic E-state index is -0.563. The van der Waals surface area contributed by atoms with Gasteiger partial charge < -0.3 is 14.7 Å². The van der Waals surface area contributed by atoms with Crippen molar-refractivity contribution in [1.82, 2.24) is 9.88 Å². The summed E-state index contributed by atoms with van der Waals surface area (Å²) in [7, 11) is 0. The van der Waals surface area contributed by atoms with Gasteiger partial charge in [0, 0.05) is 37.9 Å². The SMILES string of the molecule is CC(C)(C)OC(=O)N(CCCO)CC1Cc2nc(Cl)ccc2C=N1. The van der Waals surface area contributed by atoms with Crippen molar-refractivity contribution in [3.05, 3.63) is 28.5 Å².